The van der Waals surface area contributed by atoms with Gasteiger partial charge in [-0.05, 0) is 55.6 Å². The van der Waals surface area contributed by atoms with E-state index in [2.05, 4.69) is 19.2 Å². The third-order valence-corrected chi connectivity index (χ3v) is 9.24. The Morgan fingerprint density at radius 1 is 1.06 bits per heavy atom. The number of nitrogens with zero attached hydrogens (tertiary/aromatic N) is 6. The number of aryl methyl sites for hydroxylation is 1. The molecule has 1 unspecified atom stereocenters. The molecule has 4 aliphatic heterocycles. The van der Waals surface area contributed by atoms with Crippen molar-refractivity contribution in [3.8, 4) is 0 Å². The predicted octanol–water partition coefficient (Wildman–Crippen LogP) is 2.64. The van der Waals surface area contributed by atoms with Crippen LogP contribution in [-0.2, 0) is 23.0 Å². The number of benzene rings is 1. The molecule has 0 saturated carbocycles. The average molecular weight is 487 g/mol. The fourth-order valence-electron chi connectivity index (χ4n) is 5.23. The van der Waals surface area contributed by atoms with Crippen LogP contribution in [0.5, 0.6) is 0 Å². The number of amides is 1. The monoisotopic (exact) mass is 486 g/mol. The van der Waals surface area contributed by atoms with Crippen LogP contribution in [-0.4, -0.2) is 64.5 Å². The van der Waals surface area contributed by atoms with Gasteiger partial charge >= 0.3 is 0 Å². The number of fused-ring (bicyclic) bond motifs is 4. The number of carbonyl (C=O) groups excluding carboxylic acids is 1. The molecule has 0 bridgehead atoms. The number of carbonyl (C=O) groups is 1. The number of aromatic nitrogens is 3. The van der Waals surface area contributed by atoms with Crippen LogP contribution < -0.4 is 4.90 Å². The number of piperidine rings is 1. The molecule has 0 aliphatic carbocycles. The maximum absolute atomic E-state index is 13.4. The van der Waals surface area contributed by atoms with Gasteiger partial charge in [0.05, 0.1) is 11.4 Å². The standard InChI is InChI=1S/C22H26N6O3S2/c29-21(15-7-8-17-18(13-15)32-22-25-33(30,31)12-11-27(17)22)26-9-4-5-16(14-26)20-24-23-19-6-2-1-3-10-28(19)20/h7-8,13,16H,1-6,9-12,14H2. The van der Waals surface area contributed by atoms with Crippen LogP contribution in [0.2, 0.25) is 0 Å². The van der Waals surface area contributed by atoms with Crippen molar-refractivity contribution in [2.75, 3.05) is 30.3 Å². The topological polar surface area (TPSA) is 101 Å². The summed E-state index contributed by atoms with van der Waals surface area (Å²) in [5.41, 5.74) is 1.55. The van der Waals surface area contributed by atoms with Crippen LogP contribution >= 0.6 is 11.8 Å². The van der Waals surface area contributed by atoms with E-state index in [1.165, 1.54) is 24.6 Å². The third kappa shape index (κ3) is 3.84. The van der Waals surface area contributed by atoms with Crippen LogP contribution in [0.1, 0.15) is 60.0 Å². The molecule has 1 aromatic carbocycles. The maximum Gasteiger partial charge on any atom is 0.257 e. The number of anilines is 1. The molecule has 33 heavy (non-hydrogen) atoms. The van der Waals surface area contributed by atoms with Gasteiger partial charge in [0.2, 0.25) is 0 Å². The minimum absolute atomic E-state index is 0.0122. The van der Waals surface area contributed by atoms with Gasteiger partial charge in [-0.1, -0.05) is 6.42 Å². The third-order valence-electron chi connectivity index (χ3n) is 6.93. The fraction of sp³-hybridized carbons (Fsp3) is 0.545. The summed E-state index contributed by atoms with van der Waals surface area (Å²) in [5, 5.41) is 9.47. The number of hydrogen-bond donors (Lipinski definition) is 0. The van der Waals surface area contributed by atoms with Gasteiger partial charge in [-0.2, -0.15) is 0 Å². The summed E-state index contributed by atoms with van der Waals surface area (Å²) in [5.74, 6) is 2.35. The molecule has 9 nitrogen and oxygen atoms in total. The summed E-state index contributed by atoms with van der Waals surface area (Å²) in [6.45, 7) is 2.75. The molecule has 4 aliphatic rings. The largest absolute Gasteiger partial charge is 0.338 e. The Hall–Kier alpha value is -2.40. The van der Waals surface area contributed by atoms with Crippen molar-refractivity contribution >= 4 is 38.5 Å². The normalized spacial score (nSPS) is 23.9. The molecule has 5 heterocycles. The smallest absolute Gasteiger partial charge is 0.257 e. The summed E-state index contributed by atoms with van der Waals surface area (Å²) < 4.78 is 29.9. The van der Waals surface area contributed by atoms with E-state index in [1.807, 2.05) is 28.0 Å². The van der Waals surface area contributed by atoms with E-state index >= 15 is 0 Å². The first kappa shape index (κ1) is 21.2. The Balaban J connectivity index is 1.22. The number of sulfonamides is 1. The minimum atomic E-state index is -3.40. The van der Waals surface area contributed by atoms with E-state index in [-0.39, 0.29) is 17.6 Å². The average Bonchev–Trinajstić information content (AvgIpc) is 3.29. The summed E-state index contributed by atoms with van der Waals surface area (Å²) >= 11 is 1.32. The number of amidine groups is 1. The number of likely N-dealkylation sites (tertiary alicyclic amines) is 1. The second-order valence-corrected chi connectivity index (χ2v) is 11.9. The number of hydrogen-bond acceptors (Lipinski definition) is 7. The van der Waals surface area contributed by atoms with Gasteiger partial charge in [0, 0.05) is 49.0 Å². The van der Waals surface area contributed by atoms with Crippen LogP contribution in [0, 0.1) is 0 Å². The quantitative estimate of drug-likeness (QED) is 0.643. The Morgan fingerprint density at radius 2 is 1.97 bits per heavy atom. The van der Waals surface area contributed by atoms with Crippen molar-refractivity contribution in [2.24, 2.45) is 4.40 Å². The van der Waals surface area contributed by atoms with Crippen LogP contribution in [0.4, 0.5) is 5.69 Å². The lowest BCUT2D eigenvalue weighted by Gasteiger charge is -2.32. The molecule has 174 valence electrons. The van der Waals surface area contributed by atoms with E-state index in [4.69, 9.17) is 0 Å². The number of rotatable bonds is 2. The molecule has 2 aromatic rings. The van der Waals surface area contributed by atoms with Crippen molar-refractivity contribution < 1.29 is 13.2 Å². The summed E-state index contributed by atoms with van der Waals surface area (Å²) in [7, 11) is -3.40. The molecule has 1 aromatic heterocycles. The zero-order valence-corrected chi connectivity index (χ0v) is 19.9. The van der Waals surface area contributed by atoms with E-state index in [0.717, 1.165) is 61.0 Å². The molecule has 11 heteroatoms. The van der Waals surface area contributed by atoms with Gasteiger partial charge in [-0.25, -0.2) is 8.42 Å². The Morgan fingerprint density at radius 3 is 2.88 bits per heavy atom. The van der Waals surface area contributed by atoms with Crippen molar-refractivity contribution in [3.05, 3.63) is 35.4 Å². The van der Waals surface area contributed by atoms with Crippen LogP contribution in [0.15, 0.2) is 27.5 Å². The molecular weight excluding hydrogens is 460 g/mol. The van der Waals surface area contributed by atoms with Crippen molar-refractivity contribution in [1.82, 2.24) is 19.7 Å². The van der Waals surface area contributed by atoms with E-state index in [9.17, 15) is 13.2 Å². The SMILES string of the molecule is O=C(c1ccc2c(c1)SC1=NS(=O)(=O)CCN12)N1CCCC(c2nnc3n2CCCCC3)C1. The van der Waals surface area contributed by atoms with Crippen LogP contribution in [0.3, 0.4) is 0 Å². The highest BCUT2D eigenvalue weighted by atomic mass is 32.2. The van der Waals surface area contributed by atoms with Crippen molar-refractivity contribution in [2.45, 2.75) is 55.9 Å². The highest BCUT2D eigenvalue weighted by Gasteiger charge is 2.35. The lowest BCUT2D eigenvalue weighted by molar-refractivity contribution is 0.0703. The highest BCUT2D eigenvalue weighted by molar-refractivity contribution is 8.15. The van der Waals surface area contributed by atoms with Crippen molar-refractivity contribution in [1.29, 1.82) is 0 Å². The fourth-order valence-corrected chi connectivity index (χ4v) is 7.52. The zero-order valence-electron chi connectivity index (χ0n) is 18.3. The van der Waals surface area contributed by atoms with Gasteiger partial charge in [0.1, 0.15) is 11.6 Å². The molecule has 1 fully saturated rings. The van der Waals surface area contributed by atoms with Crippen molar-refractivity contribution in [3.63, 3.8) is 0 Å². The lowest BCUT2D eigenvalue weighted by Crippen LogP contribution is -2.40. The van der Waals surface area contributed by atoms with Gasteiger partial charge < -0.3 is 14.4 Å². The lowest BCUT2D eigenvalue weighted by atomic mass is 9.96. The first-order chi connectivity index (χ1) is 16.0. The number of thioether (sulfide) groups is 1. The summed E-state index contributed by atoms with van der Waals surface area (Å²) in [6.07, 6.45) is 6.50. The zero-order chi connectivity index (χ0) is 22.6. The summed E-state index contributed by atoms with van der Waals surface area (Å²) in [6, 6.07) is 5.64. The molecule has 1 saturated heterocycles. The van der Waals surface area contributed by atoms with Gasteiger partial charge in [0.25, 0.3) is 15.9 Å². The second kappa shape index (κ2) is 8.12. The van der Waals surface area contributed by atoms with E-state index in [1.54, 1.807) is 0 Å². The Bertz CT molecular complexity index is 1250. The second-order valence-electron chi connectivity index (χ2n) is 9.12. The molecule has 1 amide bonds. The predicted molar refractivity (Wildman–Crippen MR) is 126 cm³/mol. The molecule has 0 N–H and O–H groups in total. The molecule has 0 spiro atoms. The Kier molecular flexibility index (Phi) is 5.21. The first-order valence-corrected chi connectivity index (χ1v) is 14.0. The van der Waals surface area contributed by atoms with Gasteiger partial charge in [-0.15, -0.1) is 14.6 Å². The minimum Gasteiger partial charge on any atom is -0.338 e. The van der Waals surface area contributed by atoms with Gasteiger partial charge in [-0.3, -0.25) is 4.79 Å². The molecule has 0 radical (unpaired) electrons. The molecule has 6 rings (SSSR count). The summed E-state index contributed by atoms with van der Waals surface area (Å²) in [4.78, 5) is 18.1. The Labute approximate surface area is 197 Å². The molecular formula is C22H26N6O3S2. The van der Waals surface area contributed by atoms with E-state index in [0.29, 0.717) is 23.8 Å². The maximum atomic E-state index is 13.4. The molecule has 1 atom stereocenters. The highest BCUT2D eigenvalue weighted by Crippen LogP contribution is 2.42. The van der Waals surface area contributed by atoms with Crippen LogP contribution in [0.25, 0.3) is 0 Å². The van der Waals surface area contributed by atoms with E-state index < -0.39 is 10.0 Å². The first-order valence-electron chi connectivity index (χ1n) is 11.6. The van der Waals surface area contributed by atoms with Gasteiger partial charge in [0.15, 0.2) is 5.17 Å².